The first-order valence-electron chi connectivity index (χ1n) is 7.82. The van der Waals surface area contributed by atoms with Gasteiger partial charge in [0.05, 0.1) is 24.6 Å². The monoisotopic (exact) mass is 304 g/mol. The predicted molar refractivity (Wildman–Crippen MR) is 92.0 cm³/mol. The van der Waals surface area contributed by atoms with Gasteiger partial charge in [-0.1, -0.05) is 36.4 Å². The number of hydrogen-bond acceptors (Lipinski definition) is 3. The van der Waals surface area contributed by atoms with E-state index in [0.717, 1.165) is 23.5 Å². The lowest BCUT2D eigenvalue weighted by atomic mass is 10.1. The van der Waals surface area contributed by atoms with Crippen LogP contribution in [0, 0.1) is 6.92 Å². The number of aromatic nitrogens is 2. The number of nitrogens with zero attached hydrogens (tertiary/aromatic N) is 2. The first kappa shape index (κ1) is 15.4. The van der Waals surface area contributed by atoms with Crippen molar-refractivity contribution >= 4 is 0 Å². The minimum atomic E-state index is 0.651. The van der Waals surface area contributed by atoms with Crippen LogP contribution in [0.2, 0.25) is 0 Å². The van der Waals surface area contributed by atoms with Gasteiger partial charge in [0.15, 0.2) is 0 Å². The van der Waals surface area contributed by atoms with Crippen molar-refractivity contribution in [2.45, 2.75) is 20.0 Å². The molecule has 0 N–H and O–H groups in total. The maximum atomic E-state index is 5.77. The Hall–Kier alpha value is -2.52. The van der Waals surface area contributed by atoms with Crippen LogP contribution < -0.4 is 0 Å². The zero-order valence-electron chi connectivity index (χ0n) is 13.3. The Morgan fingerprint density at radius 1 is 0.870 bits per heavy atom. The molecule has 0 radical (unpaired) electrons. The third kappa shape index (κ3) is 4.47. The maximum Gasteiger partial charge on any atom is 0.0892 e. The van der Waals surface area contributed by atoms with E-state index in [1.165, 1.54) is 11.1 Å². The van der Waals surface area contributed by atoms with Crippen LogP contribution in [0.3, 0.4) is 0 Å². The third-order valence-electron chi connectivity index (χ3n) is 3.59. The molecule has 0 saturated carbocycles. The first-order valence-corrected chi connectivity index (χ1v) is 7.82. The molecule has 0 spiro atoms. The Kier molecular flexibility index (Phi) is 5.12. The smallest absolute Gasteiger partial charge is 0.0892 e. The van der Waals surface area contributed by atoms with E-state index in [4.69, 9.17) is 4.74 Å². The van der Waals surface area contributed by atoms with Crippen LogP contribution in [0.1, 0.15) is 16.8 Å². The number of hydrogen-bond donors (Lipinski definition) is 0. The molecule has 3 aromatic rings. The molecule has 1 aromatic carbocycles. The van der Waals surface area contributed by atoms with Crippen LogP contribution in [0.15, 0.2) is 66.9 Å². The van der Waals surface area contributed by atoms with Gasteiger partial charge in [0.1, 0.15) is 0 Å². The van der Waals surface area contributed by atoms with Crippen molar-refractivity contribution in [2.24, 2.45) is 0 Å². The summed E-state index contributed by atoms with van der Waals surface area (Å²) in [6.45, 7) is 3.36. The highest BCUT2D eigenvalue weighted by Gasteiger charge is 2.04. The molecule has 0 aliphatic carbocycles. The highest BCUT2D eigenvalue weighted by molar-refractivity contribution is 5.55. The second-order valence-electron chi connectivity index (χ2n) is 5.51. The summed E-state index contributed by atoms with van der Waals surface area (Å²) < 4.78 is 5.77. The quantitative estimate of drug-likeness (QED) is 0.640. The van der Waals surface area contributed by atoms with Gasteiger partial charge >= 0.3 is 0 Å². The molecule has 23 heavy (non-hydrogen) atoms. The topological polar surface area (TPSA) is 35.0 Å². The zero-order valence-corrected chi connectivity index (χ0v) is 13.3. The fraction of sp³-hybridized carbons (Fsp3) is 0.200. The van der Waals surface area contributed by atoms with Crippen molar-refractivity contribution in [3.8, 4) is 11.4 Å². The standard InChI is InChI=1S/C20H20N2O/c1-16-13-18(10-12-23-15-17-7-3-2-4-8-17)14-20(22-16)19-9-5-6-11-21-19/h2-9,11,13-14H,10,12,15H2,1H3. The van der Waals surface area contributed by atoms with Gasteiger partial charge in [0.25, 0.3) is 0 Å². The van der Waals surface area contributed by atoms with Gasteiger partial charge < -0.3 is 4.74 Å². The summed E-state index contributed by atoms with van der Waals surface area (Å²) in [5.74, 6) is 0. The molecule has 0 fully saturated rings. The van der Waals surface area contributed by atoms with E-state index < -0.39 is 0 Å². The van der Waals surface area contributed by atoms with E-state index in [2.05, 4.69) is 34.2 Å². The van der Waals surface area contributed by atoms with Gasteiger partial charge in [-0.2, -0.15) is 0 Å². The molecular weight excluding hydrogens is 284 g/mol. The lowest BCUT2D eigenvalue weighted by Gasteiger charge is -2.08. The van der Waals surface area contributed by atoms with Crippen LogP contribution in [-0.4, -0.2) is 16.6 Å². The number of aryl methyl sites for hydroxylation is 1. The molecule has 0 bridgehead atoms. The van der Waals surface area contributed by atoms with Gasteiger partial charge in [0, 0.05) is 11.9 Å². The average Bonchev–Trinajstić information content (AvgIpc) is 2.60. The number of benzene rings is 1. The van der Waals surface area contributed by atoms with Gasteiger partial charge in [-0.15, -0.1) is 0 Å². The Labute approximate surface area is 137 Å². The number of ether oxygens (including phenoxy) is 1. The molecule has 3 rings (SSSR count). The Morgan fingerprint density at radius 2 is 1.70 bits per heavy atom. The van der Waals surface area contributed by atoms with Crippen molar-refractivity contribution in [1.29, 1.82) is 0 Å². The molecular formula is C20H20N2O. The third-order valence-corrected chi connectivity index (χ3v) is 3.59. The average molecular weight is 304 g/mol. The Morgan fingerprint density at radius 3 is 2.48 bits per heavy atom. The van der Waals surface area contributed by atoms with Crippen molar-refractivity contribution in [2.75, 3.05) is 6.61 Å². The largest absolute Gasteiger partial charge is 0.376 e. The normalized spacial score (nSPS) is 10.7. The minimum Gasteiger partial charge on any atom is -0.376 e. The summed E-state index contributed by atoms with van der Waals surface area (Å²) in [6.07, 6.45) is 2.66. The Bertz CT molecular complexity index is 742. The lowest BCUT2D eigenvalue weighted by molar-refractivity contribution is 0.124. The molecule has 0 aliphatic heterocycles. The van der Waals surface area contributed by atoms with Gasteiger partial charge in [-0.3, -0.25) is 9.97 Å². The fourth-order valence-electron chi connectivity index (χ4n) is 2.48. The number of pyridine rings is 2. The molecule has 0 atom stereocenters. The summed E-state index contributed by atoms with van der Waals surface area (Å²) in [4.78, 5) is 8.95. The summed E-state index contributed by atoms with van der Waals surface area (Å²) in [6, 6.07) is 20.3. The second kappa shape index (κ2) is 7.65. The summed E-state index contributed by atoms with van der Waals surface area (Å²) in [7, 11) is 0. The van der Waals surface area contributed by atoms with Gasteiger partial charge in [0.2, 0.25) is 0 Å². The maximum absolute atomic E-state index is 5.77. The van der Waals surface area contributed by atoms with Crippen molar-refractivity contribution < 1.29 is 4.74 Å². The second-order valence-corrected chi connectivity index (χ2v) is 5.51. The molecule has 3 nitrogen and oxygen atoms in total. The van der Waals surface area contributed by atoms with Crippen molar-refractivity contribution in [3.05, 3.63) is 83.7 Å². The van der Waals surface area contributed by atoms with Crippen LogP contribution in [0.4, 0.5) is 0 Å². The Balaban J connectivity index is 1.61. The van der Waals surface area contributed by atoms with Crippen LogP contribution in [-0.2, 0) is 17.8 Å². The molecule has 0 amide bonds. The minimum absolute atomic E-state index is 0.651. The van der Waals surface area contributed by atoms with Gasteiger partial charge in [-0.25, -0.2) is 0 Å². The van der Waals surface area contributed by atoms with E-state index in [1.54, 1.807) is 6.20 Å². The lowest BCUT2D eigenvalue weighted by Crippen LogP contribution is -2.01. The fourth-order valence-corrected chi connectivity index (χ4v) is 2.48. The highest BCUT2D eigenvalue weighted by atomic mass is 16.5. The van der Waals surface area contributed by atoms with Crippen LogP contribution >= 0.6 is 0 Å². The van der Waals surface area contributed by atoms with Crippen molar-refractivity contribution in [3.63, 3.8) is 0 Å². The first-order chi connectivity index (χ1) is 11.3. The molecule has 2 heterocycles. The SMILES string of the molecule is Cc1cc(CCOCc2ccccc2)cc(-c2ccccn2)n1. The number of rotatable bonds is 6. The molecule has 0 saturated heterocycles. The highest BCUT2D eigenvalue weighted by Crippen LogP contribution is 2.17. The van der Waals surface area contributed by atoms with Gasteiger partial charge in [-0.05, 0) is 48.7 Å². The van der Waals surface area contributed by atoms with E-state index >= 15 is 0 Å². The molecule has 0 unspecified atom stereocenters. The molecule has 116 valence electrons. The zero-order chi connectivity index (χ0) is 15.9. The summed E-state index contributed by atoms with van der Waals surface area (Å²) in [5.41, 5.74) is 5.26. The summed E-state index contributed by atoms with van der Waals surface area (Å²) in [5, 5.41) is 0. The van der Waals surface area contributed by atoms with E-state index in [-0.39, 0.29) is 0 Å². The van der Waals surface area contributed by atoms with Crippen molar-refractivity contribution in [1.82, 2.24) is 9.97 Å². The predicted octanol–water partition coefficient (Wildman–Crippen LogP) is 4.21. The van der Waals surface area contributed by atoms with E-state index in [0.29, 0.717) is 13.2 Å². The van der Waals surface area contributed by atoms with E-state index in [1.807, 2.05) is 43.3 Å². The van der Waals surface area contributed by atoms with Crippen LogP contribution in [0.25, 0.3) is 11.4 Å². The molecule has 2 aromatic heterocycles. The van der Waals surface area contributed by atoms with Crippen LogP contribution in [0.5, 0.6) is 0 Å². The molecule has 3 heteroatoms. The van der Waals surface area contributed by atoms with E-state index in [9.17, 15) is 0 Å². The summed E-state index contributed by atoms with van der Waals surface area (Å²) >= 11 is 0. The molecule has 0 aliphatic rings.